The molecule has 1 atom stereocenters. The highest BCUT2D eigenvalue weighted by atomic mass is 35.5. The molecule has 0 saturated carbocycles. The largest absolute Gasteiger partial charge is 0.508 e. The zero-order valence-electron chi connectivity index (χ0n) is 16.0. The van der Waals surface area contributed by atoms with Crippen molar-refractivity contribution in [1.82, 2.24) is 9.88 Å². The minimum Gasteiger partial charge on any atom is -0.508 e. The van der Waals surface area contributed by atoms with Crippen molar-refractivity contribution in [1.29, 1.82) is 0 Å². The van der Waals surface area contributed by atoms with E-state index < -0.39 is 0 Å². The van der Waals surface area contributed by atoms with Crippen LogP contribution in [-0.4, -0.2) is 27.9 Å². The Labute approximate surface area is 170 Å². The van der Waals surface area contributed by atoms with Crippen molar-refractivity contribution >= 4 is 17.5 Å². The molecule has 0 aliphatic rings. The van der Waals surface area contributed by atoms with E-state index in [1.165, 1.54) is 0 Å². The lowest BCUT2D eigenvalue weighted by atomic mass is 9.88. The van der Waals surface area contributed by atoms with Crippen LogP contribution in [0.4, 0.5) is 0 Å². The second-order valence-electron chi connectivity index (χ2n) is 6.96. The van der Waals surface area contributed by atoms with Crippen LogP contribution in [0.1, 0.15) is 34.6 Å². The minimum absolute atomic E-state index is 0.0181. The smallest absolute Gasteiger partial charge is 0.223 e. The minimum atomic E-state index is -0.195. The molecule has 1 aromatic heterocycles. The van der Waals surface area contributed by atoms with Gasteiger partial charge in [-0.2, -0.15) is 0 Å². The Hall–Kier alpha value is -2.85. The number of amides is 1. The number of carbonyl (C=O) groups is 1. The van der Waals surface area contributed by atoms with Crippen LogP contribution in [0, 0.1) is 6.92 Å². The standard InChI is InChI=1S/C23H23ClN2O2/c1-16-14-25-10-9-19(16)15-26(2)23(28)13-22(17-5-3-7-20(24)11-17)18-6-4-8-21(27)12-18/h3-12,14,22,27H,13,15H2,1-2H3/t22-/m1/s1. The molecule has 0 fully saturated rings. The summed E-state index contributed by atoms with van der Waals surface area (Å²) in [6.45, 7) is 2.51. The Morgan fingerprint density at radius 2 is 1.86 bits per heavy atom. The summed E-state index contributed by atoms with van der Waals surface area (Å²) in [5.74, 6) is 0.00144. The van der Waals surface area contributed by atoms with E-state index in [1.54, 1.807) is 42.5 Å². The van der Waals surface area contributed by atoms with Gasteiger partial charge in [0.25, 0.3) is 0 Å². The Bertz CT molecular complexity index is 929. The first-order valence-corrected chi connectivity index (χ1v) is 9.49. The zero-order valence-corrected chi connectivity index (χ0v) is 16.7. The number of hydrogen-bond donors (Lipinski definition) is 1. The summed E-state index contributed by atoms with van der Waals surface area (Å²) in [6.07, 6.45) is 3.82. The molecule has 1 amide bonds. The molecule has 3 aromatic rings. The van der Waals surface area contributed by atoms with Crippen LogP contribution >= 0.6 is 11.6 Å². The van der Waals surface area contributed by atoms with E-state index in [-0.39, 0.29) is 24.0 Å². The number of nitrogens with zero attached hydrogens (tertiary/aromatic N) is 2. The molecular formula is C23H23ClN2O2. The Morgan fingerprint density at radius 1 is 1.14 bits per heavy atom. The third-order valence-electron chi connectivity index (χ3n) is 4.87. The molecule has 0 radical (unpaired) electrons. The number of hydrogen-bond acceptors (Lipinski definition) is 3. The fourth-order valence-electron chi connectivity index (χ4n) is 3.25. The van der Waals surface area contributed by atoms with Crippen molar-refractivity contribution in [3.8, 4) is 5.75 Å². The van der Waals surface area contributed by atoms with E-state index in [0.717, 1.165) is 22.3 Å². The zero-order chi connectivity index (χ0) is 20.1. The maximum absolute atomic E-state index is 13.0. The molecule has 1 N–H and O–H groups in total. The Balaban J connectivity index is 1.84. The first-order chi connectivity index (χ1) is 13.4. The highest BCUT2D eigenvalue weighted by Gasteiger charge is 2.21. The van der Waals surface area contributed by atoms with Crippen molar-refractivity contribution < 1.29 is 9.90 Å². The molecule has 1 heterocycles. The Kier molecular flexibility index (Phi) is 6.32. The fourth-order valence-corrected chi connectivity index (χ4v) is 3.45. The molecule has 3 rings (SSSR count). The van der Waals surface area contributed by atoms with Crippen LogP contribution in [-0.2, 0) is 11.3 Å². The van der Waals surface area contributed by atoms with E-state index in [0.29, 0.717) is 11.6 Å². The fraction of sp³-hybridized carbons (Fsp3) is 0.217. The summed E-state index contributed by atoms with van der Waals surface area (Å²) in [7, 11) is 1.81. The van der Waals surface area contributed by atoms with Gasteiger partial charge >= 0.3 is 0 Å². The molecule has 0 spiro atoms. The molecule has 2 aromatic carbocycles. The number of aromatic hydroxyl groups is 1. The molecule has 4 nitrogen and oxygen atoms in total. The van der Waals surface area contributed by atoms with Crippen LogP contribution in [0.5, 0.6) is 5.75 Å². The number of pyridine rings is 1. The van der Waals surface area contributed by atoms with Gasteiger partial charge < -0.3 is 10.0 Å². The quantitative estimate of drug-likeness (QED) is 0.644. The third kappa shape index (κ3) is 4.90. The van der Waals surface area contributed by atoms with Gasteiger partial charge in [-0.25, -0.2) is 0 Å². The van der Waals surface area contributed by atoms with E-state index in [1.807, 2.05) is 43.3 Å². The average molecular weight is 395 g/mol. The highest BCUT2D eigenvalue weighted by molar-refractivity contribution is 6.30. The number of aryl methyl sites for hydroxylation is 1. The van der Waals surface area contributed by atoms with Gasteiger partial charge in [0.2, 0.25) is 5.91 Å². The number of phenols is 1. The number of rotatable bonds is 6. The lowest BCUT2D eigenvalue weighted by Crippen LogP contribution is -2.28. The highest BCUT2D eigenvalue weighted by Crippen LogP contribution is 2.32. The molecule has 28 heavy (non-hydrogen) atoms. The van der Waals surface area contributed by atoms with Crippen molar-refractivity contribution in [2.75, 3.05) is 7.05 Å². The topological polar surface area (TPSA) is 53.4 Å². The summed E-state index contributed by atoms with van der Waals surface area (Å²) in [6, 6.07) is 16.5. The lowest BCUT2D eigenvalue weighted by Gasteiger charge is -2.23. The first kappa shape index (κ1) is 19.9. The summed E-state index contributed by atoms with van der Waals surface area (Å²) >= 11 is 6.18. The van der Waals surface area contributed by atoms with Gasteiger partial charge in [-0.15, -0.1) is 0 Å². The third-order valence-corrected chi connectivity index (χ3v) is 5.11. The number of aromatic nitrogens is 1. The summed E-state index contributed by atoms with van der Waals surface area (Å²) in [5, 5.41) is 10.5. The van der Waals surface area contributed by atoms with Crippen LogP contribution in [0.25, 0.3) is 0 Å². The number of phenolic OH excluding ortho intramolecular Hbond substituents is 1. The molecular weight excluding hydrogens is 372 g/mol. The normalized spacial score (nSPS) is 11.8. The van der Waals surface area contributed by atoms with E-state index in [9.17, 15) is 9.90 Å². The lowest BCUT2D eigenvalue weighted by molar-refractivity contribution is -0.130. The van der Waals surface area contributed by atoms with Crippen LogP contribution < -0.4 is 0 Å². The molecule has 0 saturated heterocycles. The summed E-state index contributed by atoms with van der Waals surface area (Å²) in [4.78, 5) is 18.8. The molecule has 0 aliphatic carbocycles. The van der Waals surface area contributed by atoms with Crippen molar-refractivity contribution in [2.24, 2.45) is 0 Å². The maximum atomic E-state index is 13.0. The Morgan fingerprint density at radius 3 is 2.54 bits per heavy atom. The van der Waals surface area contributed by atoms with Crippen molar-refractivity contribution in [2.45, 2.75) is 25.8 Å². The molecule has 0 bridgehead atoms. The summed E-state index contributed by atoms with van der Waals surface area (Å²) < 4.78 is 0. The van der Waals surface area contributed by atoms with Crippen LogP contribution in [0.15, 0.2) is 67.0 Å². The monoisotopic (exact) mass is 394 g/mol. The summed E-state index contributed by atoms with van der Waals surface area (Å²) in [5.41, 5.74) is 3.95. The first-order valence-electron chi connectivity index (χ1n) is 9.12. The predicted molar refractivity (Wildman–Crippen MR) is 111 cm³/mol. The van der Waals surface area contributed by atoms with Gasteiger partial charge in [0, 0.05) is 43.3 Å². The number of benzene rings is 2. The maximum Gasteiger partial charge on any atom is 0.223 e. The van der Waals surface area contributed by atoms with Crippen LogP contribution in [0.2, 0.25) is 5.02 Å². The van der Waals surface area contributed by atoms with Gasteiger partial charge in [0.05, 0.1) is 0 Å². The molecule has 5 heteroatoms. The second-order valence-corrected chi connectivity index (χ2v) is 7.40. The number of carbonyl (C=O) groups excluding carboxylic acids is 1. The van der Waals surface area contributed by atoms with Gasteiger partial charge in [-0.1, -0.05) is 35.9 Å². The number of halogens is 1. The van der Waals surface area contributed by atoms with Crippen molar-refractivity contribution in [3.63, 3.8) is 0 Å². The predicted octanol–water partition coefficient (Wildman–Crippen LogP) is 4.93. The van der Waals surface area contributed by atoms with E-state index >= 15 is 0 Å². The van der Waals surface area contributed by atoms with E-state index in [4.69, 9.17) is 11.6 Å². The van der Waals surface area contributed by atoms with Crippen molar-refractivity contribution in [3.05, 3.63) is 94.3 Å². The van der Waals surface area contributed by atoms with E-state index in [2.05, 4.69) is 4.98 Å². The second kappa shape index (κ2) is 8.89. The van der Waals surface area contributed by atoms with Gasteiger partial charge in [0.1, 0.15) is 5.75 Å². The van der Waals surface area contributed by atoms with Crippen LogP contribution in [0.3, 0.4) is 0 Å². The van der Waals surface area contributed by atoms with Gasteiger partial charge in [-0.3, -0.25) is 9.78 Å². The SMILES string of the molecule is Cc1cnccc1CN(C)C(=O)C[C@@H](c1cccc(O)c1)c1cccc(Cl)c1. The van der Waals surface area contributed by atoms with Gasteiger partial charge in [0.15, 0.2) is 0 Å². The molecule has 0 unspecified atom stereocenters. The molecule has 144 valence electrons. The molecule has 0 aliphatic heterocycles. The van der Waals surface area contributed by atoms with Gasteiger partial charge in [-0.05, 0) is 59.5 Å². The average Bonchev–Trinajstić information content (AvgIpc) is 2.67.